The highest BCUT2D eigenvalue weighted by atomic mass is 16.3. The summed E-state index contributed by atoms with van der Waals surface area (Å²) in [5.74, 6) is 0. The van der Waals surface area contributed by atoms with Crippen LogP contribution in [-0.2, 0) is 19.9 Å². The number of aryl methyl sites for hydroxylation is 2. The lowest BCUT2D eigenvalue weighted by molar-refractivity contribution is 0.169. The number of aliphatic hydroxyl groups excluding tert-OH is 1. The van der Waals surface area contributed by atoms with Crippen LogP contribution in [0.25, 0.3) is 10.9 Å². The molecule has 2 heterocycles. The normalized spacial score (nSPS) is 12.7. The summed E-state index contributed by atoms with van der Waals surface area (Å²) in [4.78, 5) is 4.36. The molecule has 1 N–H and O–H groups in total. The maximum atomic E-state index is 10.5. The Morgan fingerprint density at radius 3 is 2.81 bits per heavy atom. The topological polar surface area (TPSA) is 50.9 Å². The predicted molar refractivity (Wildman–Crippen MR) is 83.0 cm³/mol. The van der Waals surface area contributed by atoms with Gasteiger partial charge in [-0.1, -0.05) is 25.1 Å². The van der Waals surface area contributed by atoms with Gasteiger partial charge in [-0.2, -0.15) is 5.10 Å². The van der Waals surface area contributed by atoms with Gasteiger partial charge in [0, 0.05) is 25.1 Å². The molecule has 0 aliphatic rings. The van der Waals surface area contributed by atoms with Crippen LogP contribution in [0.1, 0.15) is 30.0 Å². The van der Waals surface area contributed by atoms with E-state index in [1.54, 1.807) is 10.9 Å². The smallest absolute Gasteiger partial charge is 0.0997 e. The van der Waals surface area contributed by atoms with Gasteiger partial charge in [0.25, 0.3) is 0 Å². The van der Waals surface area contributed by atoms with Gasteiger partial charge in [0.15, 0.2) is 0 Å². The lowest BCUT2D eigenvalue weighted by Crippen LogP contribution is -2.08. The summed E-state index contributed by atoms with van der Waals surface area (Å²) < 4.78 is 1.77. The van der Waals surface area contributed by atoms with Crippen LogP contribution in [0.2, 0.25) is 0 Å². The second-order valence-electron chi connectivity index (χ2n) is 5.24. The Morgan fingerprint density at radius 1 is 1.24 bits per heavy atom. The summed E-state index contributed by atoms with van der Waals surface area (Å²) in [6.45, 7) is 2.06. The van der Waals surface area contributed by atoms with E-state index in [4.69, 9.17) is 0 Å². The third-order valence-electron chi connectivity index (χ3n) is 3.82. The van der Waals surface area contributed by atoms with Gasteiger partial charge >= 0.3 is 0 Å². The van der Waals surface area contributed by atoms with Crippen LogP contribution < -0.4 is 0 Å². The van der Waals surface area contributed by atoms with Crippen molar-refractivity contribution in [3.05, 3.63) is 59.5 Å². The van der Waals surface area contributed by atoms with Crippen LogP contribution in [0.5, 0.6) is 0 Å². The molecule has 0 saturated carbocycles. The van der Waals surface area contributed by atoms with Crippen molar-refractivity contribution >= 4 is 10.9 Å². The number of rotatable bonds is 4. The van der Waals surface area contributed by atoms with Crippen molar-refractivity contribution in [2.45, 2.75) is 25.9 Å². The summed E-state index contributed by atoms with van der Waals surface area (Å²) in [6, 6.07) is 12.0. The zero-order valence-corrected chi connectivity index (χ0v) is 12.3. The van der Waals surface area contributed by atoms with E-state index in [0.717, 1.165) is 34.3 Å². The number of nitrogens with zero attached hydrogens (tertiary/aromatic N) is 3. The standard InChI is InChI=1S/C17H19N3O/c1-3-13-11-16(20(2)19-13)17(21)10-12-8-9-18-15-7-5-4-6-14(12)15/h4-9,11,17,21H,3,10H2,1-2H3. The fourth-order valence-corrected chi connectivity index (χ4v) is 2.67. The van der Waals surface area contributed by atoms with E-state index in [0.29, 0.717) is 6.42 Å². The van der Waals surface area contributed by atoms with Crippen LogP contribution in [0.15, 0.2) is 42.6 Å². The number of aromatic nitrogens is 3. The lowest BCUT2D eigenvalue weighted by Gasteiger charge is -2.12. The molecular formula is C17H19N3O. The average molecular weight is 281 g/mol. The summed E-state index contributed by atoms with van der Waals surface area (Å²) in [5, 5.41) is 16.0. The van der Waals surface area contributed by atoms with Gasteiger partial charge in [0.05, 0.1) is 23.0 Å². The van der Waals surface area contributed by atoms with Gasteiger partial charge in [-0.05, 0) is 30.2 Å². The van der Waals surface area contributed by atoms with E-state index in [9.17, 15) is 5.11 Å². The largest absolute Gasteiger partial charge is 0.386 e. The van der Waals surface area contributed by atoms with Gasteiger partial charge in [0.2, 0.25) is 0 Å². The molecule has 0 saturated heterocycles. The number of para-hydroxylation sites is 1. The number of pyridine rings is 1. The van der Waals surface area contributed by atoms with Gasteiger partial charge in [-0.15, -0.1) is 0 Å². The molecule has 0 aliphatic heterocycles. The first-order chi connectivity index (χ1) is 10.2. The Kier molecular flexibility index (Phi) is 3.71. The molecule has 4 heteroatoms. The van der Waals surface area contributed by atoms with E-state index in [1.807, 2.05) is 43.4 Å². The van der Waals surface area contributed by atoms with Crippen LogP contribution in [0, 0.1) is 0 Å². The van der Waals surface area contributed by atoms with Crippen molar-refractivity contribution in [1.29, 1.82) is 0 Å². The fourth-order valence-electron chi connectivity index (χ4n) is 2.67. The molecule has 21 heavy (non-hydrogen) atoms. The molecule has 0 radical (unpaired) electrons. The monoisotopic (exact) mass is 281 g/mol. The maximum absolute atomic E-state index is 10.5. The van der Waals surface area contributed by atoms with E-state index < -0.39 is 6.10 Å². The molecule has 0 bridgehead atoms. The molecule has 108 valence electrons. The molecule has 3 rings (SSSR count). The van der Waals surface area contributed by atoms with Gasteiger partial charge in [0.1, 0.15) is 0 Å². The first-order valence-corrected chi connectivity index (χ1v) is 7.22. The molecule has 0 spiro atoms. The summed E-state index contributed by atoms with van der Waals surface area (Å²) in [7, 11) is 1.88. The summed E-state index contributed by atoms with van der Waals surface area (Å²) in [6.07, 6.45) is 2.67. The zero-order valence-electron chi connectivity index (χ0n) is 12.3. The van der Waals surface area contributed by atoms with Crippen molar-refractivity contribution < 1.29 is 5.11 Å². The predicted octanol–water partition coefficient (Wildman–Crippen LogP) is 2.81. The maximum Gasteiger partial charge on any atom is 0.0997 e. The van der Waals surface area contributed by atoms with Crippen molar-refractivity contribution in [2.75, 3.05) is 0 Å². The van der Waals surface area contributed by atoms with E-state index in [2.05, 4.69) is 17.0 Å². The molecule has 0 fully saturated rings. The van der Waals surface area contributed by atoms with Crippen LogP contribution in [-0.4, -0.2) is 19.9 Å². The van der Waals surface area contributed by atoms with Gasteiger partial charge in [-0.3, -0.25) is 9.67 Å². The van der Waals surface area contributed by atoms with Crippen LogP contribution in [0.3, 0.4) is 0 Å². The molecule has 1 aromatic carbocycles. The van der Waals surface area contributed by atoms with Crippen LogP contribution >= 0.6 is 0 Å². The highest BCUT2D eigenvalue weighted by Crippen LogP contribution is 2.23. The van der Waals surface area contributed by atoms with Crippen molar-refractivity contribution in [1.82, 2.24) is 14.8 Å². The Hall–Kier alpha value is -2.20. The molecule has 0 aliphatic carbocycles. The number of hydrogen-bond acceptors (Lipinski definition) is 3. The average Bonchev–Trinajstić information content (AvgIpc) is 2.89. The Bertz CT molecular complexity index is 758. The summed E-state index contributed by atoms with van der Waals surface area (Å²) >= 11 is 0. The molecule has 1 atom stereocenters. The third kappa shape index (κ3) is 2.67. The third-order valence-corrected chi connectivity index (χ3v) is 3.82. The Balaban J connectivity index is 1.92. The van der Waals surface area contributed by atoms with Gasteiger partial charge in [-0.25, -0.2) is 0 Å². The zero-order chi connectivity index (χ0) is 14.8. The number of hydrogen-bond donors (Lipinski definition) is 1. The molecule has 4 nitrogen and oxygen atoms in total. The highest BCUT2D eigenvalue weighted by molar-refractivity contribution is 5.81. The number of aliphatic hydroxyl groups is 1. The molecule has 3 aromatic rings. The van der Waals surface area contributed by atoms with E-state index in [-0.39, 0.29) is 0 Å². The van der Waals surface area contributed by atoms with Crippen molar-refractivity contribution in [3.63, 3.8) is 0 Å². The van der Waals surface area contributed by atoms with Crippen molar-refractivity contribution in [3.8, 4) is 0 Å². The molecule has 2 aromatic heterocycles. The Morgan fingerprint density at radius 2 is 2.05 bits per heavy atom. The minimum absolute atomic E-state index is 0.561. The molecule has 0 amide bonds. The minimum Gasteiger partial charge on any atom is -0.386 e. The Labute approximate surface area is 124 Å². The quantitative estimate of drug-likeness (QED) is 0.800. The number of fused-ring (bicyclic) bond motifs is 1. The molecular weight excluding hydrogens is 262 g/mol. The second kappa shape index (κ2) is 5.66. The highest BCUT2D eigenvalue weighted by Gasteiger charge is 2.15. The van der Waals surface area contributed by atoms with E-state index in [1.165, 1.54) is 0 Å². The van der Waals surface area contributed by atoms with Crippen LogP contribution in [0.4, 0.5) is 0 Å². The first-order valence-electron chi connectivity index (χ1n) is 7.22. The first kappa shape index (κ1) is 13.8. The van der Waals surface area contributed by atoms with E-state index >= 15 is 0 Å². The summed E-state index contributed by atoms with van der Waals surface area (Å²) in [5.41, 5.74) is 3.92. The molecule has 1 unspecified atom stereocenters. The number of benzene rings is 1. The van der Waals surface area contributed by atoms with Crippen molar-refractivity contribution in [2.24, 2.45) is 7.05 Å². The fraction of sp³-hybridized carbons (Fsp3) is 0.294. The second-order valence-corrected chi connectivity index (χ2v) is 5.24. The lowest BCUT2D eigenvalue weighted by atomic mass is 10.0. The minimum atomic E-state index is -0.561. The van der Waals surface area contributed by atoms with Gasteiger partial charge < -0.3 is 5.11 Å². The SMILES string of the molecule is CCc1cc(C(O)Cc2ccnc3ccccc23)n(C)n1.